The lowest BCUT2D eigenvalue weighted by Gasteiger charge is -2.12. The highest BCUT2D eigenvalue weighted by atomic mass is 35.5. The molecule has 0 saturated carbocycles. The molecular weight excluding hydrogens is 320 g/mol. The van der Waals surface area contributed by atoms with Crippen LogP contribution in [0.1, 0.15) is 0 Å². The zero-order valence-electron chi connectivity index (χ0n) is 12.4. The summed E-state index contributed by atoms with van der Waals surface area (Å²) in [6.07, 6.45) is -0.776. The Labute approximate surface area is 137 Å². The second-order valence-electron chi connectivity index (χ2n) is 5.05. The van der Waals surface area contributed by atoms with Crippen LogP contribution < -0.4 is 14.9 Å². The summed E-state index contributed by atoms with van der Waals surface area (Å²) in [5.41, 5.74) is 0.694. The summed E-state index contributed by atoms with van der Waals surface area (Å²) >= 11 is 5.54. The average molecular weight is 335 g/mol. The van der Waals surface area contributed by atoms with Gasteiger partial charge in [-0.2, -0.15) is 0 Å². The lowest BCUT2D eigenvalue weighted by Crippen LogP contribution is -2.18. The van der Waals surface area contributed by atoms with Crippen molar-refractivity contribution in [1.82, 2.24) is 0 Å². The molecule has 2 aromatic carbocycles. The van der Waals surface area contributed by atoms with Gasteiger partial charge in [0.1, 0.15) is 40.8 Å². The number of methoxy groups -OCH3 is 1. The molecule has 1 heterocycles. The Kier molecular flexibility index (Phi) is 4.41. The molecule has 0 spiro atoms. The van der Waals surface area contributed by atoms with E-state index < -0.39 is 6.10 Å². The van der Waals surface area contributed by atoms with Crippen LogP contribution in [-0.4, -0.2) is 30.8 Å². The zero-order chi connectivity index (χ0) is 16.4. The Morgan fingerprint density at radius 3 is 2.78 bits per heavy atom. The van der Waals surface area contributed by atoms with E-state index in [9.17, 15) is 9.90 Å². The number of hydrogen-bond acceptors (Lipinski definition) is 5. The van der Waals surface area contributed by atoms with E-state index in [1.807, 2.05) is 0 Å². The molecule has 23 heavy (non-hydrogen) atoms. The first-order valence-corrected chi connectivity index (χ1v) is 7.58. The molecule has 0 radical (unpaired) electrons. The maximum Gasteiger partial charge on any atom is 0.204 e. The van der Waals surface area contributed by atoms with Gasteiger partial charge in [-0.15, -0.1) is 11.6 Å². The van der Waals surface area contributed by atoms with Crippen molar-refractivity contribution in [2.45, 2.75) is 6.10 Å². The van der Waals surface area contributed by atoms with E-state index in [4.69, 9.17) is 25.5 Å². The molecule has 0 fully saturated rings. The lowest BCUT2D eigenvalue weighted by molar-refractivity contribution is 0.125. The fourth-order valence-electron chi connectivity index (χ4n) is 2.35. The summed E-state index contributed by atoms with van der Waals surface area (Å²) in [6.45, 7) is 0.0377. The first-order chi connectivity index (χ1) is 11.1. The van der Waals surface area contributed by atoms with Crippen LogP contribution in [0.5, 0.6) is 11.5 Å². The van der Waals surface area contributed by atoms with Crippen LogP contribution in [0.3, 0.4) is 0 Å². The average Bonchev–Trinajstić information content (AvgIpc) is 2.58. The third-order valence-corrected chi connectivity index (χ3v) is 3.81. The van der Waals surface area contributed by atoms with Gasteiger partial charge >= 0.3 is 0 Å². The molecule has 0 aliphatic heterocycles. The fourth-order valence-corrected chi connectivity index (χ4v) is 2.44. The molecule has 6 heteroatoms. The van der Waals surface area contributed by atoms with Crippen molar-refractivity contribution >= 4 is 33.5 Å². The van der Waals surface area contributed by atoms with E-state index in [1.54, 1.807) is 36.4 Å². The van der Waals surface area contributed by atoms with Gasteiger partial charge in [-0.3, -0.25) is 4.79 Å². The number of hydrogen-bond donors (Lipinski definition) is 1. The van der Waals surface area contributed by atoms with E-state index in [1.165, 1.54) is 7.11 Å². The summed E-state index contributed by atoms with van der Waals surface area (Å²) in [4.78, 5) is 12.7. The molecule has 1 unspecified atom stereocenters. The van der Waals surface area contributed by atoms with Crippen molar-refractivity contribution in [3.63, 3.8) is 0 Å². The van der Waals surface area contributed by atoms with E-state index >= 15 is 0 Å². The molecule has 1 atom stereocenters. The van der Waals surface area contributed by atoms with Crippen LogP contribution in [0.4, 0.5) is 0 Å². The summed E-state index contributed by atoms with van der Waals surface area (Å²) in [6, 6.07) is 10.2. The standard InChI is InChI=1S/C17H15ClO5/c1-21-14-6-11(22-9-10(19)8-18)7-15-16(14)17(20)12-4-2-3-5-13(12)23-15/h2-7,10,19H,8-9H2,1H3. The van der Waals surface area contributed by atoms with Crippen LogP contribution in [0, 0.1) is 0 Å². The highest BCUT2D eigenvalue weighted by Gasteiger charge is 2.15. The molecule has 120 valence electrons. The van der Waals surface area contributed by atoms with Crippen molar-refractivity contribution in [2.24, 2.45) is 0 Å². The Morgan fingerprint density at radius 1 is 1.26 bits per heavy atom. The van der Waals surface area contributed by atoms with Crippen molar-refractivity contribution in [1.29, 1.82) is 0 Å². The Hall–Kier alpha value is -2.24. The predicted octanol–water partition coefficient (Wildman–Crippen LogP) is 2.93. The molecule has 0 aliphatic carbocycles. The van der Waals surface area contributed by atoms with Gasteiger partial charge < -0.3 is 19.0 Å². The van der Waals surface area contributed by atoms with E-state index in [-0.39, 0.29) is 17.9 Å². The van der Waals surface area contributed by atoms with Crippen molar-refractivity contribution in [2.75, 3.05) is 19.6 Å². The Bertz CT molecular complexity index is 903. The minimum absolute atomic E-state index is 0.0377. The number of fused-ring (bicyclic) bond motifs is 2. The summed E-state index contributed by atoms with van der Waals surface area (Å²) < 4.78 is 16.6. The van der Waals surface area contributed by atoms with Crippen LogP contribution in [0.25, 0.3) is 21.9 Å². The van der Waals surface area contributed by atoms with Gasteiger partial charge in [-0.05, 0) is 12.1 Å². The van der Waals surface area contributed by atoms with E-state index in [0.717, 1.165) is 0 Å². The molecule has 0 bridgehead atoms. The van der Waals surface area contributed by atoms with Gasteiger partial charge in [0.05, 0.1) is 18.4 Å². The number of para-hydroxylation sites is 1. The number of aliphatic hydroxyl groups is 1. The van der Waals surface area contributed by atoms with Gasteiger partial charge in [0.25, 0.3) is 0 Å². The van der Waals surface area contributed by atoms with Crippen molar-refractivity contribution in [3.05, 3.63) is 46.6 Å². The third-order valence-electron chi connectivity index (χ3n) is 3.46. The lowest BCUT2D eigenvalue weighted by atomic mass is 10.1. The topological polar surface area (TPSA) is 68.9 Å². The second kappa shape index (κ2) is 6.48. The quantitative estimate of drug-likeness (QED) is 0.574. The third kappa shape index (κ3) is 2.98. The number of rotatable bonds is 5. The van der Waals surface area contributed by atoms with Crippen LogP contribution >= 0.6 is 11.6 Å². The summed E-state index contributed by atoms with van der Waals surface area (Å²) in [5.74, 6) is 0.860. The number of alkyl halides is 1. The SMILES string of the molecule is COc1cc(OCC(O)CCl)cc2oc3ccccc3c(=O)c12. The van der Waals surface area contributed by atoms with Crippen molar-refractivity contribution < 1.29 is 19.0 Å². The molecule has 0 amide bonds. The van der Waals surface area contributed by atoms with Gasteiger partial charge in [-0.25, -0.2) is 0 Å². The molecule has 3 rings (SSSR count). The molecular formula is C17H15ClO5. The maximum atomic E-state index is 12.7. The Morgan fingerprint density at radius 2 is 2.04 bits per heavy atom. The fraction of sp³-hybridized carbons (Fsp3) is 0.235. The number of ether oxygens (including phenoxy) is 2. The number of aliphatic hydroxyl groups excluding tert-OH is 1. The van der Waals surface area contributed by atoms with E-state index in [2.05, 4.69) is 0 Å². The summed E-state index contributed by atoms with van der Waals surface area (Å²) in [5, 5.41) is 10.3. The molecule has 1 N–H and O–H groups in total. The van der Waals surface area contributed by atoms with Crippen LogP contribution in [-0.2, 0) is 0 Å². The molecule has 0 aliphatic rings. The monoisotopic (exact) mass is 334 g/mol. The second-order valence-corrected chi connectivity index (χ2v) is 5.35. The first-order valence-electron chi connectivity index (χ1n) is 7.04. The van der Waals surface area contributed by atoms with Crippen LogP contribution in [0.15, 0.2) is 45.6 Å². The smallest absolute Gasteiger partial charge is 0.204 e. The van der Waals surface area contributed by atoms with Crippen molar-refractivity contribution in [3.8, 4) is 11.5 Å². The highest BCUT2D eigenvalue weighted by Crippen LogP contribution is 2.31. The Balaban J connectivity index is 2.17. The van der Waals surface area contributed by atoms with Gasteiger partial charge in [0.15, 0.2) is 0 Å². The minimum atomic E-state index is -0.776. The maximum absolute atomic E-state index is 12.7. The number of benzene rings is 2. The molecule has 1 aromatic heterocycles. The number of halogens is 1. The minimum Gasteiger partial charge on any atom is -0.496 e. The highest BCUT2D eigenvalue weighted by molar-refractivity contribution is 6.18. The normalized spacial score (nSPS) is 12.5. The first kappa shape index (κ1) is 15.6. The van der Waals surface area contributed by atoms with Gasteiger partial charge in [0.2, 0.25) is 5.43 Å². The molecule has 3 aromatic rings. The largest absolute Gasteiger partial charge is 0.496 e. The van der Waals surface area contributed by atoms with Gasteiger partial charge in [0, 0.05) is 12.1 Å². The zero-order valence-corrected chi connectivity index (χ0v) is 13.2. The molecule has 0 saturated heterocycles. The van der Waals surface area contributed by atoms with E-state index in [0.29, 0.717) is 33.4 Å². The predicted molar refractivity (Wildman–Crippen MR) is 88.8 cm³/mol. The summed E-state index contributed by atoms with van der Waals surface area (Å²) in [7, 11) is 1.47. The van der Waals surface area contributed by atoms with Crippen LogP contribution in [0.2, 0.25) is 0 Å². The molecule has 5 nitrogen and oxygen atoms in total. The van der Waals surface area contributed by atoms with Gasteiger partial charge in [-0.1, -0.05) is 12.1 Å².